The molecule has 2 nitrogen and oxygen atoms in total. The lowest BCUT2D eigenvalue weighted by Gasteiger charge is -1.91. The minimum absolute atomic E-state index is 0.534. The van der Waals surface area contributed by atoms with Crippen molar-refractivity contribution in [3.05, 3.63) is 35.9 Å². The molecule has 0 saturated carbocycles. The average molecular weight is 153 g/mol. The molecule has 0 spiro atoms. The molecule has 0 fully saturated rings. The first-order valence-electron chi connectivity index (χ1n) is 2.94. The van der Waals surface area contributed by atoms with Crippen molar-refractivity contribution >= 4 is 17.1 Å². The fourth-order valence-corrected chi connectivity index (χ4v) is 1.07. The van der Waals surface area contributed by atoms with Crippen LogP contribution in [0.5, 0.6) is 0 Å². The highest BCUT2D eigenvalue weighted by molar-refractivity contribution is 6.29. The molecule has 0 N–H and O–H groups in total. The third kappa shape index (κ3) is 0.772. The predicted molar refractivity (Wildman–Crippen MR) is 40.2 cm³/mol. The highest BCUT2D eigenvalue weighted by atomic mass is 35.5. The SMILES string of the molecule is Clc1cc2cccn2cn1. The maximum Gasteiger partial charge on any atom is 0.132 e. The van der Waals surface area contributed by atoms with E-state index < -0.39 is 0 Å². The van der Waals surface area contributed by atoms with Gasteiger partial charge in [0.1, 0.15) is 11.5 Å². The summed E-state index contributed by atoms with van der Waals surface area (Å²) < 4.78 is 1.91. The van der Waals surface area contributed by atoms with Crippen LogP contribution in [0.15, 0.2) is 30.7 Å². The summed E-state index contributed by atoms with van der Waals surface area (Å²) in [6.07, 6.45) is 3.62. The third-order valence-electron chi connectivity index (χ3n) is 1.38. The quantitative estimate of drug-likeness (QED) is 0.528. The second-order valence-electron chi connectivity index (χ2n) is 2.05. The van der Waals surface area contributed by atoms with Crippen molar-refractivity contribution < 1.29 is 0 Å². The van der Waals surface area contributed by atoms with Crippen LogP contribution in [0.3, 0.4) is 0 Å². The maximum absolute atomic E-state index is 5.65. The van der Waals surface area contributed by atoms with E-state index in [1.165, 1.54) is 0 Å². The second kappa shape index (κ2) is 1.99. The van der Waals surface area contributed by atoms with Crippen LogP contribution in [0.2, 0.25) is 5.15 Å². The summed E-state index contributed by atoms with van der Waals surface area (Å²) in [4.78, 5) is 3.91. The van der Waals surface area contributed by atoms with Gasteiger partial charge in [-0.05, 0) is 18.2 Å². The summed E-state index contributed by atoms with van der Waals surface area (Å²) in [6, 6.07) is 5.75. The Labute approximate surface area is 63.1 Å². The van der Waals surface area contributed by atoms with E-state index in [-0.39, 0.29) is 0 Å². The summed E-state index contributed by atoms with van der Waals surface area (Å²) in [6.45, 7) is 0. The summed E-state index contributed by atoms with van der Waals surface area (Å²) in [5.74, 6) is 0. The zero-order chi connectivity index (χ0) is 6.97. The van der Waals surface area contributed by atoms with Gasteiger partial charge < -0.3 is 4.40 Å². The molecule has 0 amide bonds. The van der Waals surface area contributed by atoms with Crippen molar-refractivity contribution in [3.8, 4) is 0 Å². The molecular formula is C7H5ClN2. The Hall–Kier alpha value is -1.02. The standard InChI is InChI=1S/C7H5ClN2/c8-7-4-6-2-1-3-10(6)5-9-7/h1-5H. The molecule has 2 heterocycles. The lowest BCUT2D eigenvalue weighted by atomic mass is 10.5. The number of rotatable bonds is 0. The normalized spacial score (nSPS) is 10.5. The minimum atomic E-state index is 0.534. The average Bonchev–Trinajstić information content (AvgIpc) is 2.33. The highest BCUT2D eigenvalue weighted by Gasteiger charge is 1.91. The molecule has 0 aromatic carbocycles. The van der Waals surface area contributed by atoms with Crippen LogP contribution in [0.4, 0.5) is 0 Å². The number of fused-ring (bicyclic) bond motifs is 1. The Morgan fingerprint density at radius 1 is 1.50 bits per heavy atom. The molecule has 50 valence electrons. The van der Waals surface area contributed by atoms with Crippen molar-refractivity contribution in [2.45, 2.75) is 0 Å². The van der Waals surface area contributed by atoms with Crippen molar-refractivity contribution in [1.29, 1.82) is 0 Å². The lowest BCUT2D eigenvalue weighted by Crippen LogP contribution is -1.82. The van der Waals surface area contributed by atoms with Gasteiger partial charge in [-0.2, -0.15) is 0 Å². The van der Waals surface area contributed by atoms with E-state index >= 15 is 0 Å². The summed E-state index contributed by atoms with van der Waals surface area (Å²) in [7, 11) is 0. The van der Waals surface area contributed by atoms with Crippen molar-refractivity contribution in [2.75, 3.05) is 0 Å². The van der Waals surface area contributed by atoms with Crippen LogP contribution in [0.1, 0.15) is 0 Å². The first kappa shape index (κ1) is 5.74. The number of halogens is 1. The minimum Gasteiger partial charge on any atom is -0.308 e. The van der Waals surface area contributed by atoms with Gasteiger partial charge in [-0.3, -0.25) is 0 Å². The van der Waals surface area contributed by atoms with Gasteiger partial charge in [0, 0.05) is 11.7 Å². The summed E-state index contributed by atoms with van der Waals surface area (Å²) in [5.41, 5.74) is 1.07. The summed E-state index contributed by atoms with van der Waals surface area (Å²) in [5, 5.41) is 0.534. The monoisotopic (exact) mass is 152 g/mol. The van der Waals surface area contributed by atoms with Crippen molar-refractivity contribution in [1.82, 2.24) is 9.38 Å². The van der Waals surface area contributed by atoms with E-state index in [2.05, 4.69) is 4.98 Å². The van der Waals surface area contributed by atoms with Crippen LogP contribution < -0.4 is 0 Å². The smallest absolute Gasteiger partial charge is 0.132 e. The fraction of sp³-hybridized carbons (Fsp3) is 0. The molecule has 0 aliphatic heterocycles. The molecule has 0 aliphatic rings. The number of aromatic nitrogens is 2. The molecule has 0 aliphatic carbocycles. The Morgan fingerprint density at radius 3 is 3.30 bits per heavy atom. The van der Waals surface area contributed by atoms with Gasteiger partial charge in [0.25, 0.3) is 0 Å². The van der Waals surface area contributed by atoms with E-state index in [1.54, 1.807) is 6.33 Å². The molecule has 0 unspecified atom stereocenters. The molecule has 0 saturated heterocycles. The van der Waals surface area contributed by atoms with Crippen LogP contribution >= 0.6 is 11.6 Å². The molecular weight excluding hydrogens is 148 g/mol. The Kier molecular flexibility index (Phi) is 1.14. The Bertz CT molecular complexity index is 353. The fourth-order valence-electron chi connectivity index (χ4n) is 0.911. The molecule has 0 bridgehead atoms. The number of hydrogen-bond acceptors (Lipinski definition) is 1. The largest absolute Gasteiger partial charge is 0.308 e. The van der Waals surface area contributed by atoms with Gasteiger partial charge >= 0.3 is 0 Å². The predicted octanol–water partition coefficient (Wildman–Crippen LogP) is 1.99. The molecule has 3 heteroatoms. The first-order valence-corrected chi connectivity index (χ1v) is 3.32. The van der Waals surface area contributed by atoms with E-state index in [0.717, 1.165) is 5.52 Å². The molecule has 2 rings (SSSR count). The Balaban J connectivity index is 2.86. The van der Waals surface area contributed by atoms with E-state index in [4.69, 9.17) is 11.6 Å². The number of nitrogens with zero attached hydrogens (tertiary/aromatic N) is 2. The zero-order valence-electron chi connectivity index (χ0n) is 5.16. The summed E-state index contributed by atoms with van der Waals surface area (Å²) >= 11 is 5.65. The van der Waals surface area contributed by atoms with Gasteiger partial charge in [-0.25, -0.2) is 4.98 Å². The third-order valence-corrected chi connectivity index (χ3v) is 1.59. The second-order valence-corrected chi connectivity index (χ2v) is 2.44. The first-order chi connectivity index (χ1) is 4.86. The molecule has 0 atom stereocenters. The van der Waals surface area contributed by atoms with Crippen molar-refractivity contribution in [2.24, 2.45) is 0 Å². The van der Waals surface area contributed by atoms with Crippen LogP contribution in [0.25, 0.3) is 5.52 Å². The highest BCUT2D eigenvalue weighted by Crippen LogP contribution is 2.08. The van der Waals surface area contributed by atoms with Crippen LogP contribution in [0, 0.1) is 0 Å². The molecule has 2 aromatic heterocycles. The topological polar surface area (TPSA) is 17.3 Å². The molecule has 2 aromatic rings. The lowest BCUT2D eigenvalue weighted by molar-refractivity contribution is 1.10. The van der Waals surface area contributed by atoms with Gasteiger partial charge in [0.15, 0.2) is 0 Å². The van der Waals surface area contributed by atoms with Crippen molar-refractivity contribution in [3.63, 3.8) is 0 Å². The van der Waals surface area contributed by atoms with Gasteiger partial charge in [-0.15, -0.1) is 0 Å². The van der Waals surface area contributed by atoms with Crippen LogP contribution in [-0.4, -0.2) is 9.38 Å². The van der Waals surface area contributed by atoms with E-state index in [9.17, 15) is 0 Å². The maximum atomic E-state index is 5.65. The molecule has 0 radical (unpaired) electrons. The van der Waals surface area contributed by atoms with Crippen LogP contribution in [-0.2, 0) is 0 Å². The van der Waals surface area contributed by atoms with Gasteiger partial charge in [-0.1, -0.05) is 11.6 Å². The number of hydrogen-bond donors (Lipinski definition) is 0. The van der Waals surface area contributed by atoms with Gasteiger partial charge in [0.2, 0.25) is 0 Å². The zero-order valence-corrected chi connectivity index (χ0v) is 5.92. The Morgan fingerprint density at radius 2 is 2.40 bits per heavy atom. The van der Waals surface area contributed by atoms with Gasteiger partial charge in [0.05, 0.1) is 0 Å². The van der Waals surface area contributed by atoms with E-state index in [0.29, 0.717) is 5.15 Å². The van der Waals surface area contributed by atoms with E-state index in [1.807, 2.05) is 28.8 Å². The molecule has 10 heavy (non-hydrogen) atoms.